The SMILES string of the molecule is Cc1cc(Cl)cc2c(=O)n(C)c(-c3cccnc3Oc3ccccc3F)nc12. The Morgan fingerprint density at radius 1 is 1.14 bits per heavy atom. The molecule has 28 heavy (non-hydrogen) atoms. The summed E-state index contributed by atoms with van der Waals surface area (Å²) in [6.07, 6.45) is 1.53. The number of rotatable bonds is 3. The van der Waals surface area contributed by atoms with Crippen LogP contribution in [0.2, 0.25) is 5.02 Å². The van der Waals surface area contributed by atoms with E-state index in [1.54, 1.807) is 43.4 Å². The fraction of sp³-hybridized carbons (Fsp3) is 0.0952. The van der Waals surface area contributed by atoms with E-state index in [0.717, 1.165) is 5.56 Å². The van der Waals surface area contributed by atoms with Gasteiger partial charge in [0.2, 0.25) is 5.88 Å². The molecule has 0 spiro atoms. The highest BCUT2D eigenvalue weighted by Crippen LogP contribution is 2.32. The molecule has 7 heteroatoms. The molecule has 4 rings (SSSR count). The highest BCUT2D eigenvalue weighted by molar-refractivity contribution is 6.31. The van der Waals surface area contributed by atoms with E-state index in [4.69, 9.17) is 16.3 Å². The van der Waals surface area contributed by atoms with Crippen LogP contribution in [-0.4, -0.2) is 14.5 Å². The number of hydrogen-bond donors (Lipinski definition) is 0. The fourth-order valence-electron chi connectivity index (χ4n) is 3.02. The van der Waals surface area contributed by atoms with Gasteiger partial charge in [0.15, 0.2) is 11.6 Å². The van der Waals surface area contributed by atoms with Crippen molar-refractivity contribution < 1.29 is 9.13 Å². The summed E-state index contributed by atoms with van der Waals surface area (Å²) in [6, 6.07) is 12.8. The van der Waals surface area contributed by atoms with Crippen LogP contribution in [0.1, 0.15) is 5.56 Å². The van der Waals surface area contributed by atoms with Gasteiger partial charge in [0, 0.05) is 18.3 Å². The Kier molecular flexibility index (Phi) is 4.57. The summed E-state index contributed by atoms with van der Waals surface area (Å²) < 4.78 is 21.1. The lowest BCUT2D eigenvalue weighted by Crippen LogP contribution is -2.21. The number of ether oxygens (including phenoxy) is 1. The highest BCUT2D eigenvalue weighted by Gasteiger charge is 2.18. The van der Waals surface area contributed by atoms with Crippen LogP contribution in [0.15, 0.2) is 59.5 Å². The summed E-state index contributed by atoms with van der Waals surface area (Å²) in [5, 5.41) is 0.901. The average Bonchev–Trinajstić information content (AvgIpc) is 2.67. The van der Waals surface area contributed by atoms with Crippen molar-refractivity contribution in [1.82, 2.24) is 14.5 Å². The zero-order valence-corrected chi connectivity index (χ0v) is 15.9. The molecule has 140 valence electrons. The zero-order chi connectivity index (χ0) is 19.8. The van der Waals surface area contributed by atoms with E-state index in [2.05, 4.69) is 9.97 Å². The van der Waals surface area contributed by atoms with Crippen LogP contribution in [0.4, 0.5) is 4.39 Å². The van der Waals surface area contributed by atoms with Gasteiger partial charge in [-0.1, -0.05) is 23.7 Å². The Labute approximate surface area is 165 Å². The summed E-state index contributed by atoms with van der Waals surface area (Å²) in [5.41, 5.74) is 1.55. The van der Waals surface area contributed by atoms with E-state index in [9.17, 15) is 9.18 Å². The minimum Gasteiger partial charge on any atom is -0.435 e. The number of aromatic nitrogens is 3. The molecular formula is C21H15ClFN3O2. The zero-order valence-electron chi connectivity index (χ0n) is 15.1. The molecule has 0 amide bonds. The summed E-state index contributed by atoms with van der Waals surface area (Å²) in [5.74, 6) is 0.0459. The smallest absolute Gasteiger partial charge is 0.261 e. The molecule has 0 saturated carbocycles. The molecule has 0 N–H and O–H groups in total. The second-order valence-electron chi connectivity index (χ2n) is 6.31. The number of pyridine rings is 1. The van der Waals surface area contributed by atoms with Gasteiger partial charge in [-0.05, 0) is 48.9 Å². The molecule has 4 aromatic rings. The van der Waals surface area contributed by atoms with Crippen LogP contribution in [0.5, 0.6) is 11.6 Å². The van der Waals surface area contributed by atoms with Crippen molar-refractivity contribution in [2.45, 2.75) is 6.92 Å². The lowest BCUT2D eigenvalue weighted by atomic mass is 10.1. The van der Waals surface area contributed by atoms with Gasteiger partial charge in [0.25, 0.3) is 5.56 Å². The van der Waals surface area contributed by atoms with E-state index in [1.807, 2.05) is 6.92 Å². The third-order valence-electron chi connectivity index (χ3n) is 4.39. The van der Waals surface area contributed by atoms with E-state index >= 15 is 0 Å². The predicted molar refractivity (Wildman–Crippen MR) is 106 cm³/mol. The van der Waals surface area contributed by atoms with E-state index in [0.29, 0.717) is 27.3 Å². The molecule has 0 aliphatic heterocycles. The standard InChI is InChI=1S/C21H15ClFN3O2/c1-12-10-13(22)11-15-18(12)25-19(26(2)21(15)27)14-6-5-9-24-20(14)28-17-8-4-3-7-16(17)23/h3-11H,1-2H3. The van der Waals surface area contributed by atoms with E-state index < -0.39 is 5.82 Å². The van der Waals surface area contributed by atoms with Crippen molar-refractivity contribution in [3.8, 4) is 23.0 Å². The van der Waals surface area contributed by atoms with Crippen molar-refractivity contribution in [3.63, 3.8) is 0 Å². The first-order chi connectivity index (χ1) is 13.5. The molecule has 2 aromatic carbocycles. The fourth-order valence-corrected chi connectivity index (χ4v) is 3.29. The number of aryl methyl sites for hydroxylation is 1. The number of nitrogens with zero attached hydrogens (tertiary/aromatic N) is 3. The lowest BCUT2D eigenvalue weighted by Gasteiger charge is -2.14. The van der Waals surface area contributed by atoms with Crippen LogP contribution in [0.3, 0.4) is 0 Å². The van der Waals surface area contributed by atoms with Crippen LogP contribution in [-0.2, 0) is 7.05 Å². The van der Waals surface area contributed by atoms with Crippen molar-refractivity contribution in [2.75, 3.05) is 0 Å². The molecule has 2 heterocycles. The molecule has 0 atom stereocenters. The summed E-state index contributed by atoms with van der Waals surface area (Å²) in [7, 11) is 1.61. The number of fused-ring (bicyclic) bond motifs is 1. The Bertz CT molecular complexity index is 1270. The molecule has 0 aliphatic carbocycles. The van der Waals surface area contributed by atoms with Crippen LogP contribution in [0, 0.1) is 12.7 Å². The first-order valence-electron chi connectivity index (χ1n) is 8.50. The molecular weight excluding hydrogens is 381 g/mol. The second kappa shape index (κ2) is 7.05. The Hall–Kier alpha value is -3.25. The molecule has 2 aromatic heterocycles. The van der Waals surface area contributed by atoms with Crippen molar-refractivity contribution >= 4 is 22.5 Å². The summed E-state index contributed by atoms with van der Waals surface area (Å²) in [6.45, 7) is 1.84. The Morgan fingerprint density at radius 3 is 2.71 bits per heavy atom. The van der Waals surface area contributed by atoms with Gasteiger partial charge in [0.1, 0.15) is 5.82 Å². The molecule has 5 nitrogen and oxygen atoms in total. The first-order valence-corrected chi connectivity index (χ1v) is 8.88. The molecule has 0 radical (unpaired) electrons. The number of hydrogen-bond acceptors (Lipinski definition) is 4. The first kappa shape index (κ1) is 18.1. The molecule has 0 fully saturated rings. The molecule has 0 bridgehead atoms. The average molecular weight is 396 g/mol. The van der Waals surface area contributed by atoms with E-state index in [1.165, 1.54) is 22.9 Å². The largest absolute Gasteiger partial charge is 0.435 e. The van der Waals surface area contributed by atoms with Crippen molar-refractivity contribution in [2.24, 2.45) is 7.05 Å². The Balaban J connectivity index is 1.93. The second-order valence-corrected chi connectivity index (χ2v) is 6.74. The number of benzene rings is 2. The van der Waals surface area contributed by atoms with Crippen LogP contribution in [0.25, 0.3) is 22.3 Å². The molecule has 0 unspecified atom stereocenters. The summed E-state index contributed by atoms with van der Waals surface area (Å²) in [4.78, 5) is 21.8. The maximum absolute atomic E-state index is 14.0. The van der Waals surface area contributed by atoms with Gasteiger partial charge in [0.05, 0.1) is 16.5 Å². The monoisotopic (exact) mass is 395 g/mol. The van der Waals surface area contributed by atoms with Gasteiger partial charge < -0.3 is 4.74 Å². The number of halogens is 2. The lowest BCUT2D eigenvalue weighted by molar-refractivity contribution is 0.428. The minimum absolute atomic E-state index is 0.0381. The predicted octanol–water partition coefficient (Wildman–Crippen LogP) is 4.89. The quantitative estimate of drug-likeness (QED) is 0.495. The van der Waals surface area contributed by atoms with Crippen molar-refractivity contribution in [1.29, 1.82) is 0 Å². The summed E-state index contributed by atoms with van der Waals surface area (Å²) >= 11 is 6.09. The highest BCUT2D eigenvalue weighted by atomic mass is 35.5. The maximum atomic E-state index is 14.0. The van der Waals surface area contributed by atoms with E-state index in [-0.39, 0.29) is 17.2 Å². The van der Waals surface area contributed by atoms with Gasteiger partial charge in [-0.2, -0.15) is 0 Å². The third kappa shape index (κ3) is 3.12. The topological polar surface area (TPSA) is 57.0 Å². The normalized spacial score (nSPS) is 11.0. The van der Waals surface area contributed by atoms with Crippen LogP contribution >= 0.6 is 11.6 Å². The Morgan fingerprint density at radius 2 is 1.93 bits per heavy atom. The van der Waals surface area contributed by atoms with Gasteiger partial charge >= 0.3 is 0 Å². The maximum Gasteiger partial charge on any atom is 0.261 e. The van der Waals surface area contributed by atoms with Gasteiger partial charge in [-0.25, -0.2) is 14.4 Å². The number of para-hydroxylation sites is 1. The molecule has 0 aliphatic rings. The van der Waals surface area contributed by atoms with Crippen molar-refractivity contribution in [3.05, 3.63) is 81.5 Å². The third-order valence-corrected chi connectivity index (χ3v) is 4.61. The van der Waals surface area contributed by atoms with Gasteiger partial charge in [-0.3, -0.25) is 9.36 Å². The minimum atomic E-state index is -0.509. The molecule has 0 saturated heterocycles. The van der Waals surface area contributed by atoms with Gasteiger partial charge in [-0.15, -0.1) is 0 Å². The van der Waals surface area contributed by atoms with Crippen LogP contribution < -0.4 is 10.3 Å².